The summed E-state index contributed by atoms with van der Waals surface area (Å²) < 4.78 is 5.33. The van der Waals surface area contributed by atoms with Gasteiger partial charge in [0.1, 0.15) is 12.1 Å². The van der Waals surface area contributed by atoms with Crippen molar-refractivity contribution >= 4 is 5.82 Å². The second-order valence-corrected chi connectivity index (χ2v) is 4.58. The number of hydrogen-bond donors (Lipinski definition) is 2. The molecule has 17 heavy (non-hydrogen) atoms. The summed E-state index contributed by atoms with van der Waals surface area (Å²) in [5, 5.41) is 3.35. The van der Waals surface area contributed by atoms with Crippen LogP contribution in [-0.4, -0.2) is 28.7 Å². The molecule has 0 saturated heterocycles. The Morgan fingerprint density at radius 3 is 2.71 bits per heavy atom. The quantitative estimate of drug-likeness (QED) is 0.788. The van der Waals surface area contributed by atoms with Crippen molar-refractivity contribution in [3.05, 3.63) is 12.4 Å². The van der Waals surface area contributed by atoms with Crippen molar-refractivity contribution in [2.45, 2.75) is 33.2 Å². The lowest BCUT2D eigenvalue weighted by molar-refractivity contribution is 0.325. The molecule has 0 amide bonds. The van der Waals surface area contributed by atoms with Crippen molar-refractivity contribution < 1.29 is 4.74 Å². The van der Waals surface area contributed by atoms with Crippen LogP contribution in [0.5, 0.6) is 5.88 Å². The second-order valence-electron chi connectivity index (χ2n) is 4.58. The predicted octanol–water partition coefficient (Wildman–Crippen LogP) is 1.66. The lowest BCUT2D eigenvalue weighted by Crippen LogP contribution is -2.47. The molecule has 5 heteroatoms. The minimum Gasteiger partial charge on any atom is -0.478 e. The van der Waals surface area contributed by atoms with Gasteiger partial charge in [0.05, 0.1) is 12.1 Å². The van der Waals surface area contributed by atoms with Crippen LogP contribution in [0.3, 0.4) is 0 Å². The molecular formula is C12H22N4O. The van der Waals surface area contributed by atoms with Gasteiger partial charge in [0, 0.05) is 12.6 Å². The van der Waals surface area contributed by atoms with Crippen molar-refractivity contribution in [1.29, 1.82) is 0 Å². The van der Waals surface area contributed by atoms with E-state index in [4.69, 9.17) is 10.5 Å². The molecule has 1 aromatic heterocycles. The van der Waals surface area contributed by atoms with E-state index >= 15 is 0 Å². The second kappa shape index (κ2) is 5.82. The standard InChI is InChI=1S/C12H22N4O/c1-5-17-11-6-10(14-8-15-11)16-12(4,7-13)9(2)3/h6,8-9H,5,7,13H2,1-4H3,(H,14,15,16). The van der Waals surface area contributed by atoms with Crippen molar-refractivity contribution in [3.63, 3.8) is 0 Å². The minimum atomic E-state index is -0.183. The molecule has 1 rings (SSSR count). The van der Waals surface area contributed by atoms with Gasteiger partial charge in [-0.05, 0) is 19.8 Å². The molecule has 0 saturated carbocycles. The molecular weight excluding hydrogens is 216 g/mol. The van der Waals surface area contributed by atoms with Gasteiger partial charge in [-0.25, -0.2) is 9.97 Å². The number of nitrogens with zero attached hydrogens (tertiary/aromatic N) is 2. The van der Waals surface area contributed by atoms with Crippen molar-refractivity contribution in [1.82, 2.24) is 9.97 Å². The Balaban J connectivity index is 2.83. The first-order valence-corrected chi connectivity index (χ1v) is 5.95. The van der Waals surface area contributed by atoms with Gasteiger partial charge in [-0.2, -0.15) is 0 Å². The van der Waals surface area contributed by atoms with Crippen LogP contribution < -0.4 is 15.8 Å². The van der Waals surface area contributed by atoms with E-state index in [1.54, 1.807) is 6.07 Å². The van der Waals surface area contributed by atoms with Crippen molar-refractivity contribution in [3.8, 4) is 5.88 Å². The molecule has 5 nitrogen and oxygen atoms in total. The van der Waals surface area contributed by atoms with Gasteiger partial charge in [-0.3, -0.25) is 0 Å². The number of nitrogens with two attached hydrogens (primary N) is 1. The van der Waals surface area contributed by atoms with E-state index in [2.05, 4.69) is 36.1 Å². The van der Waals surface area contributed by atoms with Crippen LogP contribution in [0.4, 0.5) is 5.82 Å². The Kier molecular flexibility index (Phi) is 4.69. The Hall–Kier alpha value is -1.36. The van der Waals surface area contributed by atoms with Gasteiger partial charge in [-0.1, -0.05) is 13.8 Å². The number of rotatable bonds is 6. The summed E-state index contributed by atoms with van der Waals surface area (Å²) in [5.41, 5.74) is 5.63. The van der Waals surface area contributed by atoms with E-state index in [1.807, 2.05) is 6.92 Å². The van der Waals surface area contributed by atoms with Crippen LogP contribution in [0.25, 0.3) is 0 Å². The topological polar surface area (TPSA) is 73.1 Å². The Labute approximate surface area is 103 Å². The monoisotopic (exact) mass is 238 g/mol. The molecule has 0 radical (unpaired) electrons. The highest BCUT2D eigenvalue weighted by Crippen LogP contribution is 2.22. The molecule has 0 aliphatic carbocycles. The maximum Gasteiger partial charge on any atom is 0.218 e. The fourth-order valence-corrected chi connectivity index (χ4v) is 1.36. The normalized spacial score (nSPS) is 14.5. The number of ether oxygens (including phenoxy) is 1. The predicted molar refractivity (Wildman–Crippen MR) is 69.1 cm³/mol. The average Bonchev–Trinajstić information content (AvgIpc) is 2.29. The van der Waals surface area contributed by atoms with E-state index in [0.717, 1.165) is 5.82 Å². The molecule has 0 spiro atoms. The highest BCUT2D eigenvalue weighted by atomic mass is 16.5. The Morgan fingerprint density at radius 1 is 1.47 bits per heavy atom. The summed E-state index contributed by atoms with van der Waals surface area (Å²) >= 11 is 0. The Morgan fingerprint density at radius 2 is 2.18 bits per heavy atom. The third-order valence-electron chi connectivity index (χ3n) is 3.05. The summed E-state index contributed by atoms with van der Waals surface area (Å²) in [6.45, 7) is 9.40. The number of nitrogens with one attached hydrogen (secondary N) is 1. The van der Waals surface area contributed by atoms with E-state index < -0.39 is 0 Å². The summed E-state index contributed by atoms with van der Waals surface area (Å²) in [7, 11) is 0. The highest BCUT2D eigenvalue weighted by molar-refractivity contribution is 5.40. The molecule has 1 unspecified atom stereocenters. The summed E-state index contributed by atoms with van der Waals surface area (Å²) in [5.74, 6) is 1.72. The van der Waals surface area contributed by atoms with Gasteiger partial charge >= 0.3 is 0 Å². The average molecular weight is 238 g/mol. The number of hydrogen-bond acceptors (Lipinski definition) is 5. The first-order chi connectivity index (χ1) is 8.01. The fourth-order valence-electron chi connectivity index (χ4n) is 1.36. The van der Waals surface area contributed by atoms with Crippen molar-refractivity contribution in [2.24, 2.45) is 11.7 Å². The van der Waals surface area contributed by atoms with E-state index in [-0.39, 0.29) is 5.54 Å². The lowest BCUT2D eigenvalue weighted by Gasteiger charge is -2.34. The third-order valence-corrected chi connectivity index (χ3v) is 3.05. The maximum absolute atomic E-state index is 5.82. The minimum absolute atomic E-state index is 0.183. The van der Waals surface area contributed by atoms with Crippen LogP contribution in [0.2, 0.25) is 0 Å². The van der Waals surface area contributed by atoms with Gasteiger partial charge in [0.15, 0.2) is 0 Å². The molecule has 0 aromatic carbocycles. The lowest BCUT2D eigenvalue weighted by atomic mass is 9.88. The van der Waals surface area contributed by atoms with Gasteiger partial charge in [-0.15, -0.1) is 0 Å². The molecule has 0 fully saturated rings. The number of aromatic nitrogens is 2. The van der Waals surface area contributed by atoms with Crippen LogP contribution in [0, 0.1) is 5.92 Å². The summed E-state index contributed by atoms with van der Waals surface area (Å²) in [6.07, 6.45) is 1.49. The molecule has 96 valence electrons. The van der Waals surface area contributed by atoms with Crippen LogP contribution in [0.1, 0.15) is 27.7 Å². The fraction of sp³-hybridized carbons (Fsp3) is 0.667. The van der Waals surface area contributed by atoms with Crippen molar-refractivity contribution in [2.75, 3.05) is 18.5 Å². The molecule has 0 bridgehead atoms. The maximum atomic E-state index is 5.82. The molecule has 1 atom stereocenters. The third kappa shape index (κ3) is 3.56. The van der Waals surface area contributed by atoms with Gasteiger partial charge in [0.25, 0.3) is 0 Å². The van der Waals surface area contributed by atoms with E-state index in [9.17, 15) is 0 Å². The van der Waals surface area contributed by atoms with Gasteiger partial charge < -0.3 is 15.8 Å². The van der Waals surface area contributed by atoms with Gasteiger partial charge in [0.2, 0.25) is 5.88 Å². The zero-order valence-corrected chi connectivity index (χ0v) is 11.0. The van der Waals surface area contributed by atoms with E-state index in [0.29, 0.717) is 24.9 Å². The first-order valence-electron chi connectivity index (χ1n) is 5.95. The molecule has 0 aliphatic rings. The smallest absolute Gasteiger partial charge is 0.218 e. The van der Waals surface area contributed by atoms with Crippen LogP contribution in [0.15, 0.2) is 12.4 Å². The first kappa shape index (κ1) is 13.7. The molecule has 1 heterocycles. The summed E-state index contributed by atoms with van der Waals surface area (Å²) in [4.78, 5) is 8.20. The van der Waals surface area contributed by atoms with Crippen LogP contribution >= 0.6 is 0 Å². The highest BCUT2D eigenvalue weighted by Gasteiger charge is 2.26. The molecule has 1 aromatic rings. The van der Waals surface area contributed by atoms with Crippen LogP contribution in [-0.2, 0) is 0 Å². The number of anilines is 1. The zero-order chi connectivity index (χ0) is 12.9. The summed E-state index contributed by atoms with van der Waals surface area (Å²) in [6, 6.07) is 1.79. The zero-order valence-electron chi connectivity index (χ0n) is 11.0. The SMILES string of the molecule is CCOc1cc(NC(C)(CN)C(C)C)ncn1. The molecule has 3 N–H and O–H groups in total. The molecule has 0 aliphatic heterocycles. The largest absolute Gasteiger partial charge is 0.478 e. The Bertz CT molecular complexity index is 356. The van der Waals surface area contributed by atoms with E-state index in [1.165, 1.54) is 6.33 Å².